The molecule has 0 bridgehead atoms. The van der Waals surface area contributed by atoms with Gasteiger partial charge in [-0.05, 0) is 24.1 Å². The van der Waals surface area contributed by atoms with E-state index in [1.807, 2.05) is 23.0 Å². The Morgan fingerprint density at radius 3 is 2.94 bits per heavy atom. The lowest BCUT2D eigenvalue weighted by atomic mass is 10.0. The van der Waals surface area contributed by atoms with Crippen LogP contribution in [-0.4, -0.2) is 14.9 Å². The molecule has 0 fully saturated rings. The molecule has 1 atom stereocenters. The lowest BCUT2D eigenvalue weighted by Crippen LogP contribution is -2.00. The summed E-state index contributed by atoms with van der Waals surface area (Å²) in [6.07, 6.45) is 3.93. The first-order valence-corrected chi connectivity index (χ1v) is 5.76. The van der Waals surface area contributed by atoms with Crippen LogP contribution in [0.1, 0.15) is 30.6 Å². The minimum Gasteiger partial charge on any atom is -0.399 e. The number of aliphatic hydroxyl groups is 1. The lowest BCUT2D eigenvalue weighted by molar-refractivity contribution is 0.220. The van der Waals surface area contributed by atoms with E-state index in [4.69, 9.17) is 5.73 Å². The van der Waals surface area contributed by atoms with Crippen LogP contribution in [0.2, 0.25) is 0 Å². The van der Waals surface area contributed by atoms with Crippen molar-refractivity contribution in [2.45, 2.75) is 26.0 Å². The quantitative estimate of drug-likeness (QED) is 0.790. The number of benzene rings is 1. The Labute approximate surface area is 101 Å². The number of nitrogens with two attached hydrogens (primary N) is 1. The molecule has 0 aliphatic heterocycles. The van der Waals surface area contributed by atoms with Crippen molar-refractivity contribution in [3.63, 3.8) is 0 Å². The number of hydrogen-bond donors (Lipinski definition) is 2. The number of aryl methyl sites for hydroxylation is 1. The summed E-state index contributed by atoms with van der Waals surface area (Å²) in [5, 5.41) is 14.4. The normalized spacial score (nSPS) is 12.6. The molecule has 2 rings (SSSR count). The Kier molecular flexibility index (Phi) is 3.44. The van der Waals surface area contributed by atoms with E-state index < -0.39 is 6.10 Å². The molecule has 90 valence electrons. The number of nitrogens with zero attached hydrogens (tertiary/aromatic N) is 2. The fourth-order valence-electron chi connectivity index (χ4n) is 1.79. The van der Waals surface area contributed by atoms with E-state index in [-0.39, 0.29) is 0 Å². The van der Waals surface area contributed by atoms with Crippen molar-refractivity contribution in [2.75, 3.05) is 5.73 Å². The van der Waals surface area contributed by atoms with Gasteiger partial charge in [0.25, 0.3) is 0 Å². The average Bonchev–Trinajstić information content (AvgIpc) is 2.77. The highest BCUT2D eigenvalue weighted by Crippen LogP contribution is 2.22. The monoisotopic (exact) mass is 231 g/mol. The molecule has 0 saturated heterocycles. The fraction of sp³-hybridized carbons (Fsp3) is 0.308. The molecule has 2 aromatic rings. The summed E-state index contributed by atoms with van der Waals surface area (Å²) in [7, 11) is 0. The van der Waals surface area contributed by atoms with Crippen molar-refractivity contribution >= 4 is 5.69 Å². The number of anilines is 1. The predicted molar refractivity (Wildman–Crippen MR) is 67.4 cm³/mol. The molecule has 1 aromatic heterocycles. The van der Waals surface area contributed by atoms with Gasteiger partial charge >= 0.3 is 0 Å². The second-order valence-electron chi connectivity index (χ2n) is 4.11. The van der Waals surface area contributed by atoms with Crippen molar-refractivity contribution in [1.29, 1.82) is 0 Å². The molecule has 0 amide bonds. The van der Waals surface area contributed by atoms with Gasteiger partial charge in [0.2, 0.25) is 0 Å². The van der Waals surface area contributed by atoms with E-state index in [2.05, 4.69) is 12.0 Å². The molecule has 0 radical (unpaired) electrons. The van der Waals surface area contributed by atoms with Gasteiger partial charge < -0.3 is 10.8 Å². The van der Waals surface area contributed by atoms with Crippen LogP contribution in [0.15, 0.2) is 36.7 Å². The van der Waals surface area contributed by atoms with Gasteiger partial charge in [-0.15, -0.1) is 0 Å². The summed E-state index contributed by atoms with van der Waals surface area (Å²) in [6, 6.07) is 7.28. The van der Waals surface area contributed by atoms with Crippen molar-refractivity contribution < 1.29 is 5.11 Å². The highest BCUT2D eigenvalue weighted by Gasteiger charge is 2.12. The maximum Gasteiger partial charge on any atom is 0.107 e. The predicted octanol–water partition coefficient (Wildman–Crippen LogP) is 1.96. The van der Waals surface area contributed by atoms with Crippen LogP contribution in [0, 0.1) is 0 Å². The zero-order valence-corrected chi connectivity index (χ0v) is 9.87. The number of nitrogen functional groups attached to an aromatic ring is 1. The maximum atomic E-state index is 10.2. The molecular weight excluding hydrogens is 214 g/mol. The zero-order chi connectivity index (χ0) is 12.3. The van der Waals surface area contributed by atoms with Crippen LogP contribution >= 0.6 is 0 Å². The molecule has 17 heavy (non-hydrogen) atoms. The highest BCUT2D eigenvalue weighted by atomic mass is 16.3. The largest absolute Gasteiger partial charge is 0.399 e. The summed E-state index contributed by atoms with van der Waals surface area (Å²) in [5.74, 6) is 0. The Hall–Kier alpha value is -1.81. The third-order valence-corrected chi connectivity index (χ3v) is 2.65. The zero-order valence-electron chi connectivity index (χ0n) is 9.87. The summed E-state index contributed by atoms with van der Waals surface area (Å²) in [6.45, 7) is 2.96. The first kappa shape index (κ1) is 11.7. The molecule has 1 aromatic carbocycles. The SMILES string of the molecule is CCCn1cc(C(O)c2cccc(N)c2)cn1. The molecule has 3 N–H and O–H groups in total. The number of aliphatic hydroxyl groups excluding tert-OH is 1. The van der Waals surface area contributed by atoms with Crippen molar-refractivity contribution in [2.24, 2.45) is 0 Å². The van der Waals surface area contributed by atoms with Crippen LogP contribution < -0.4 is 5.73 Å². The topological polar surface area (TPSA) is 64.1 Å². The van der Waals surface area contributed by atoms with E-state index in [0.29, 0.717) is 5.69 Å². The standard InChI is InChI=1S/C13H17N3O/c1-2-6-16-9-11(8-15-16)13(17)10-4-3-5-12(14)7-10/h3-5,7-9,13,17H,2,6,14H2,1H3. The number of rotatable bonds is 4. The number of hydrogen-bond acceptors (Lipinski definition) is 3. The first-order valence-electron chi connectivity index (χ1n) is 5.76. The maximum absolute atomic E-state index is 10.2. The van der Waals surface area contributed by atoms with Gasteiger partial charge in [-0.3, -0.25) is 4.68 Å². The van der Waals surface area contributed by atoms with Gasteiger partial charge in [-0.2, -0.15) is 5.10 Å². The summed E-state index contributed by atoms with van der Waals surface area (Å²) >= 11 is 0. The van der Waals surface area contributed by atoms with E-state index >= 15 is 0 Å². The second-order valence-corrected chi connectivity index (χ2v) is 4.11. The minimum atomic E-state index is -0.663. The van der Waals surface area contributed by atoms with Crippen molar-refractivity contribution in [1.82, 2.24) is 9.78 Å². The fourth-order valence-corrected chi connectivity index (χ4v) is 1.79. The molecule has 4 nitrogen and oxygen atoms in total. The second kappa shape index (κ2) is 5.01. The Bertz CT molecular complexity index is 493. The summed E-state index contributed by atoms with van der Waals surface area (Å²) in [5.41, 5.74) is 7.94. The van der Waals surface area contributed by atoms with E-state index in [9.17, 15) is 5.11 Å². The van der Waals surface area contributed by atoms with Crippen molar-refractivity contribution in [3.05, 3.63) is 47.8 Å². The molecule has 0 aliphatic rings. The lowest BCUT2D eigenvalue weighted by Gasteiger charge is -2.09. The van der Waals surface area contributed by atoms with Crippen LogP contribution in [-0.2, 0) is 6.54 Å². The van der Waals surface area contributed by atoms with Gasteiger partial charge in [0.1, 0.15) is 6.10 Å². The van der Waals surface area contributed by atoms with E-state index in [0.717, 1.165) is 24.1 Å². The Morgan fingerprint density at radius 2 is 2.24 bits per heavy atom. The van der Waals surface area contributed by atoms with Gasteiger partial charge in [-0.25, -0.2) is 0 Å². The summed E-state index contributed by atoms with van der Waals surface area (Å²) in [4.78, 5) is 0. The third kappa shape index (κ3) is 2.65. The summed E-state index contributed by atoms with van der Waals surface area (Å²) < 4.78 is 1.84. The molecule has 4 heteroatoms. The van der Waals surface area contributed by atoms with Gasteiger partial charge in [0.15, 0.2) is 0 Å². The Balaban J connectivity index is 2.21. The van der Waals surface area contributed by atoms with E-state index in [1.165, 1.54) is 0 Å². The molecule has 1 heterocycles. The van der Waals surface area contributed by atoms with Crippen LogP contribution in [0.25, 0.3) is 0 Å². The minimum absolute atomic E-state index is 0.655. The molecule has 0 aliphatic carbocycles. The van der Waals surface area contributed by atoms with Gasteiger partial charge in [0.05, 0.1) is 6.20 Å². The van der Waals surface area contributed by atoms with Crippen LogP contribution in [0.3, 0.4) is 0 Å². The molecular formula is C13H17N3O. The van der Waals surface area contributed by atoms with E-state index in [1.54, 1.807) is 18.3 Å². The molecule has 0 spiro atoms. The highest BCUT2D eigenvalue weighted by molar-refractivity contribution is 5.43. The van der Waals surface area contributed by atoms with Crippen LogP contribution in [0.4, 0.5) is 5.69 Å². The van der Waals surface area contributed by atoms with Gasteiger partial charge in [0, 0.05) is 24.0 Å². The van der Waals surface area contributed by atoms with Gasteiger partial charge in [-0.1, -0.05) is 19.1 Å². The number of aromatic nitrogens is 2. The molecule has 0 saturated carbocycles. The smallest absolute Gasteiger partial charge is 0.107 e. The molecule has 1 unspecified atom stereocenters. The van der Waals surface area contributed by atoms with Crippen LogP contribution in [0.5, 0.6) is 0 Å². The Morgan fingerprint density at radius 1 is 1.41 bits per heavy atom. The first-order chi connectivity index (χ1) is 8.20. The van der Waals surface area contributed by atoms with Crippen molar-refractivity contribution in [3.8, 4) is 0 Å². The third-order valence-electron chi connectivity index (χ3n) is 2.65. The average molecular weight is 231 g/mol.